The molecule has 0 spiro atoms. The molecule has 3 rings (SSSR count). The average molecular weight is 491 g/mol. The number of carbonyl (C=O) groups is 2. The molecule has 0 saturated carbocycles. The molecule has 1 aliphatic heterocycles. The predicted octanol–water partition coefficient (Wildman–Crippen LogP) is 6.32. The lowest BCUT2D eigenvalue weighted by atomic mass is 9.93. The van der Waals surface area contributed by atoms with Crippen LogP contribution in [0.25, 0.3) is 0 Å². The van der Waals surface area contributed by atoms with Crippen LogP contribution in [0.3, 0.4) is 0 Å². The van der Waals surface area contributed by atoms with Crippen LogP contribution in [-0.2, 0) is 16.1 Å². The standard InChI is InChI=1S/C25H28Cl2N2O4/c1-4-5-9-21-22(24(30)33-15(2)3)23(29-25(31)28-21)16-10-12-17(13-11-16)32-14-18-19(26)7-6-8-20(18)27/h6-8,10-13,15,23H,4-5,9,14H2,1-3H3,(H2,28,29,31). The Labute approximate surface area is 204 Å². The van der Waals surface area contributed by atoms with Crippen molar-refractivity contribution in [1.29, 1.82) is 0 Å². The van der Waals surface area contributed by atoms with Gasteiger partial charge in [-0.2, -0.15) is 0 Å². The van der Waals surface area contributed by atoms with Crippen molar-refractivity contribution in [2.45, 2.75) is 58.8 Å². The van der Waals surface area contributed by atoms with Gasteiger partial charge in [-0.1, -0.05) is 54.7 Å². The number of nitrogens with one attached hydrogen (secondary N) is 2. The van der Waals surface area contributed by atoms with E-state index in [0.29, 0.717) is 39.0 Å². The molecule has 0 fully saturated rings. The molecular weight excluding hydrogens is 463 g/mol. The molecule has 1 atom stereocenters. The van der Waals surface area contributed by atoms with E-state index in [1.165, 1.54) is 0 Å². The molecule has 2 N–H and O–H groups in total. The highest BCUT2D eigenvalue weighted by Gasteiger charge is 2.33. The Morgan fingerprint density at radius 2 is 1.76 bits per heavy atom. The number of benzene rings is 2. The van der Waals surface area contributed by atoms with Crippen molar-refractivity contribution in [1.82, 2.24) is 10.6 Å². The van der Waals surface area contributed by atoms with Crippen molar-refractivity contribution >= 4 is 35.2 Å². The lowest BCUT2D eigenvalue weighted by Crippen LogP contribution is -2.46. The highest BCUT2D eigenvalue weighted by Crippen LogP contribution is 2.31. The fourth-order valence-corrected chi connectivity index (χ4v) is 4.03. The average Bonchev–Trinajstić information content (AvgIpc) is 2.76. The zero-order valence-electron chi connectivity index (χ0n) is 18.9. The van der Waals surface area contributed by atoms with Crippen molar-refractivity contribution in [3.63, 3.8) is 0 Å². The third-order valence-corrected chi connectivity index (χ3v) is 5.86. The second kappa shape index (κ2) is 11.4. The van der Waals surface area contributed by atoms with Gasteiger partial charge in [0.15, 0.2) is 0 Å². The summed E-state index contributed by atoms with van der Waals surface area (Å²) >= 11 is 12.4. The second-order valence-corrected chi connectivity index (χ2v) is 8.85. The lowest BCUT2D eigenvalue weighted by Gasteiger charge is -2.30. The first-order valence-corrected chi connectivity index (χ1v) is 11.7. The zero-order valence-corrected chi connectivity index (χ0v) is 20.4. The molecule has 0 aromatic heterocycles. The Bertz CT molecular complexity index is 1010. The van der Waals surface area contributed by atoms with Gasteiger partial charge in [0.05, 0.1) is 17.7 Å². The molecule has 1 unspecified atom stereocenters. The quantitative estimate of drug-likeness (QED) is 0.403. The molecule has 0 radical (unpaired) electrons. The van der Waals surface area contributed by atoms with Crippen LogP contribution in [0.1, 0.15) is 57.2 Å². The van der Waals surface area contributed by atoms with Gasteiger partial charge in [0.1, 0.15) is 12.4 Å². The first-order chi connectivity index (χ1) is 15.8. The second-order valence-electron chi connectivity index (χ2n) is 8.04. The van der Waals surface area contributed by atoms with Crippen LogP contribution in [0, 0.1) is 0 Å². The van der Waals surface area contributed by atoms with Crippen molar-refractivity contribution in [3.05, 3.63) is 74.9 Å². The van der Waals surface area contributed by atoms with Gasteiger partial charge >= 0.3 is 12.0 Å². The Hall–Kier alpha value is -2.70. The Morgan fingerprint density at radius 3 is 2.36 bits per heavy atom. The monoisotopic (exact) mass is 490 g/mol. The van der Waals surface area contributed by atoms with E-state index in [1.807, 2.05) is 12.1 Å². The van der Waals surface area contributed by atoms with E-state index in [-0.39, 0.29) is 18.7 Å². The minimum absolute atomic E-state index is 0.217. The highest BCUT2D eigenvalue weighted by molar-refractivity contribution is 6.35. The number of halogens is 2. The van der Waals surface area contributed by atoms with Gasteiger partial charge in [-0.25, -0.2) is 9.59 Å². The van der Waals surface area contributed by atoms with E-state index >= 15 is 0 Å². The molecule has 176 valence electrons. The van der Waals surface area contributed by atoms with Crippen molar-refractivity contribution in [2.75, 3.05) is 0 Å². The lowest BCUT2D eigenvalue weighted by molar-refractivity contribution is -0.143. The van der Waals surface area contributed by atoms with E-state index in [2.05, 4.69) is 17.6 Å². The first-order valence-electron chi connectivity index (χ1n) is 11.0. The van der Waals surface area contributed by atoms with Gasteiger partial charge in [0.2, 0.25) is 0 Å². The molecule has 33 heavy (non-hydrogen) atoms. The number of unbranched alkanes of at least 4 members (excludes halogenated alkanes) is 1. The van der Waals surface area contributed by atoms with E-state index in [1.54, 1.807) is 44.2 Å². The molecule has 0 bridgehead atoms. The third kappa shape index (κ3) is 6.42. The molecule has 0 saturated heterocycles. The van der Waals surface area contributed by atoms with Crippen LogP contribution in [-0.4, -0.2) is 18.1 Å². The molecule has 6 nitrogen and oxygen atoms in total. The van der Waals surface area contributed by atoms with Gasteiger partial charge in [0.25, 0.3) is 0 Å². The van der Waals surface area contributed by atoms with Crippen LogP contribution in [0.5, 0.6) is 5.75 Å². The number of carbonyl (C=O) groups excluding carboxylic acids is 2. The predicted molar refractivity (Wildman–Crippen MR) is 129 cm³/mol. The summed E-state index contributed by atoms with van der Waals surface area (Å²) in [5.41, 5.74) is 2.48. The van der Waals surface area contributed by atoms with E-state index < -0.39 is 12.0 Å². The van der Waals surface area contributed by atoms with Gasteiger partial charge < -0.3 is 20.1 Å². The SMILES string of the molecule is CCCCC1=C(C(=O)OC(C)C)C(c2ccc(OCc3c(Cl)cccc3Cl)cc2)NC(=O)N1. The summed E-state index contributed by atoms with van der Waals surface area (Å²) in [5.74, 6) is 0.166. The number of hydrogen-bond acceptors (Lipinski definition) is 4. The molecule has 8 heteroatoms. The van der Waals surface area contributed by atoms with E-state index in [4.69, 9.17) is 32.7 Å². The number of rotatable bonds is 9. The molecule has 2 amide bonds. The fraction of sp³-hybridized carbons (Fsp3) is 0.360. The normalized spacial score (nSPS) is 15.8. The van der Waals surface area contributed by atoms with Crippen LogP contribution in [0.2, 0.25) is 10.0 Å². The van der Waals surface area contributed by atoms with Gasteiger partial charge in [-0.3, -0.25) is 0 Å². The smallest absolute Gasteiger partial charge is 0.338 e. The number of esters is 1. The van der Waals surface area contributed by atoms with Crippen molar-refractivity contribution in [2.24, 2.45) is 0 Å². The van der Waals surface area contributed by atoms with Crippen LogP contribution < -0.4 is 15.4 Å². The highest BCUT2D eigenvalue weighted by atomic mass is 35.5. The van der Waals surface area contributed by atoms with Crippen LogP contribution >= 0.6 is 23.2 Å². The molecule has 2 aromatic rings. The first kappa shape index (κ1) is 24.9. The van der Waals surface area contributed by atoms with Gasteiger partial charge in [0, 0.05) is 21.3 Å². The molecule has 2 aromatic carbocycles. The Kier molecular flexibility index (Phi) is 8.64. The minimum Gasteiger partial charge on any atom is -0.489 e. The summed E-state index contributed by atoms with van der Waals surface area (Å²) in [6.45, 7) is 5.87. The van der Waals surface area contributed by atoms with E-state index in [0.717, 1.165) is 18.4 Å². The molecular formula is C25H28Cl2N2O4. The van der Waals surface area contributed by atoms with Gasteiger partial charge in [-0.05, 0) is 56.5 Å². The largest absolute Gasteiger partial charge is 0.489 e. The summed E-state index contributed by atoms with van der Waals surface area (Å²) in [6.07, 6.45) is 2.09. The number of ether oxygens (including phenoxy) is 2. The van der Waals surface area contributed by atoms with Crippen molar-refractivity contribution in [3.8, 4) is 5.75 Å². The van der Waals surface area contributed by atoms with Crippen molar-refractivity contribution < 1.29 is 19.1 Å². The number of allylic oxidation sites excluding steroid dienone is 1. The maximum Gasteiger partial charge on any atom is 0.338 e. The van der Waals surface area contributed by atoms with E-state index in [9.17, 15) is 9.59 Å². The van der Waals surface area contributed by atoms with Gasteiger partial charge in [-0.15, -0.1) is 0 Å². The van der Waals surface area contributed by atoms with Crippen LogP contribution in [0.15, 0.2) is 53.7 Å². The third-order valence-electron chi connectivity index (χ3n) is 5.15. The maximum absolute atomic E-state index is 12.9. The summed E-state index contributed by atoms with van der Waals surface area (Å²) in [7, 11) is 0. The summed E-state index contributed by atoms with van der Waals surface area (Å²) in [5, 5.41) is 6.72. The number of urea groups is 1. The molecule has 1 heterocycles. The minimum atomic E-state index is -0.621. The summed E-state index contributed by atoms with van der Waals surface area (Å²) in [4.78, 5) is 25.3. The summed E-state index contributed by atoms with van der Waals surface area (Å²) in [6, 6.07) is 11.5. The topological polar surface area (TPSA) is 76.7 Å². The zero-order chi connectivity index (χ0) is 24.0. The Morgan fingerprint density at radius 1 is 1.09 bits per heavy atom. The summed E-state index contributed by atoms with van der Waals surface area (Å²) < 4.78 is 11.3. The van der Waals surface area contributed by atoms with Crippen LogP contribution in [0.4, 0.5) is 4.79 Å². The molecule has 1 aliphatic rings. The maximum atomic E-state index is 12.9. The fourth-order valence-electron chi connectivity index (χ4n) is 3.52. The Balaban J connectivity index is 1.84. The number of hydrogen-bond donors (Lipinski definition) is 2. The molecule has 0 aliphatic carbocycles. The number of amides is 2.